The normalized spacial score (nSPS) is 17.8. The quantitative estimate of drug-likeness (QED) is 0.650. The molecule has 2 N–H and O–H groups in total. The summed E-state index contributed by atoms with van der Waals surface area (Å²) in [5, 5.41) is 4.45. The largest absolute Gasteiger partial charge is 0.361 e. The third-order valence-electron chi connectivity index (χ3n) is 6.80. The van der Waals surface area contributed by atoms with Gasteiger partial charge in [-0.05, 0) is 55.7 Å². The van der Waals surface area contributed by atoms with Crippen molar-refractivity contribution >= 4 is 22.8 Å². The van der Waals surface area contributed by atoms with Gasteiger partial charge in [0, 0.05) is 61.6 Å². The number of rotatable bonds is 4. The summed E-state index contributed by atoms with van der Waals surface area (Å²) in [7, 11) is 0. The van der Waals surface area contributed by atoms with E-state index in [1.165, 1.54) is 35.7 Å². The van der Waals surface area contributed by atoms with Crippen LogP contribution < -0.4 is 10.2 Å². The van der Waals surface area contributed by atoms with E-state index in [1.54, 1.807) is 0 Å². The third kappa shape index (κ3) is 4.24. The highest BCUT2D eigenvalue weighted by molar-refractivity contribution is 5.83. The zero-order chi connectivity index (χ0) is 21.0. The molecule has 0 radical (unpaired) electrons. The minimum atomic E-state index is 0.0332. The van der Waals surface area contributed by atoms with E-state index in [4.69, 9.17) is 0 Å². The van der Waals surface area contributed by atoms with Gasteiger partial charge in [-0.2, -0.15) is 0 Å². The SMILES string of the molecule is O=C(NCc1cccnc1N1CCCCC1)N1CCC(c2c[nH]c3ccccc23)CC1. The van der Waals surface area contributed by atoms with E-state index >= 15 is 0 Å². The molecule has 0 atom stereocenters. The maximum absolute atomic E-state index is 12.8. The first-order valence-corrected chi connectivity index (χ1v) is 11.6. The van der Waals surface area contributed by atoms with E-state index in [1.807, 2.05) is 17.2 Å². The number of benzene rings is 1. The topological polar surface area (TPSA) is 64.3 Å². The molecule has 2 fully saturated rings. The van der Waals surface area contributed by atoms with Crippen molar-refractivity contribution in [1.29, 1.82) is 0 Å². The van der Waals surface area contributed by atoms with Gasteiger partial charge in [0.2, 0.25) is 0 Å². The predicted octanol–water partition coefficient (Wildman–Crippen LogP) is 4.64. The molecule has 0 saturated carbocycles. The minimum Gasteiger partial charge on any atom is -0.361 e. The zero-order valence-corrected chi connectivity index (χ0v) is 18.0. The molecule has 31 heavy (non-hydrogen) atoms. The van der Waals surface area contributed by atoms with Crippen molar-refractivity contribution in [3.63, 3.8) is 0 Å². The van der Waals surface area contributed by atoms with Crippen LogP contribution in [0.1, 0.15) is 49.1 Å². The van der Waals surface area contributed by atoms with Crippen LogP contribution in [0.4, 0.5) is 10.6 Å². The fourth-order valence-corrected chi connectivity index (χ4v) is 5.07. The first-order valence-electron chi connectivity index (χ1n) is 11.6. The number of H-pyrrole nitrogens is 1. The molecule has 2 aliphatic rings. The molecule has 5 rings (SSSR count). The van der Waals surface area contributed by atoms with E-state index in [0.29, 0.717) is 12.5 Å². The van der Waals surface area contributed by atoms with E-state index in [2.05, 4.69) is 56.7 Å². The van der Waals surface area contributed by atoms with E-state index < -0.39 is 0 Å². The van der Waals surface area contributed by atoms with Crippen LogP contribution in [0.3, 0.4) is 0 Å². The number of pyridine rings is 1. The summed E-state index contributed by atoms with van der Waals surface area (Å²) in [5.41, 5.74) is 3.68. The maximum Gasteiger partial charge on any atom is 0.317 e. The molecular weight excluding hydrogens is 386 g/mol. The highest BCUT2D eigenvalue weighted by Gasteiger charge is 2.25. The number of anilines is 1. The number of carbonyl (C=O) groups excluding carboxylic acids is 1. The summed E-state index contributed by atoms with van der Waals surface area (Å²) in [6, 6.07) is 12.5. The number of hydrogen-bond donors (Lipinski definition) is 2. The van der Waals surface area contributed by atoms with Gasteiger partial charge in [0.25, 0.3) is 0 Å². The Kier molecular flexibility index (Phi) is 5.78. The van der Waals surface area contributed by atoms with Gasteiger partial charge in [-0.25, -0.2) is 9.78 Å². The fourth-order valence-electron chi connectivity index (χ4n) is 5.07. The Labute approximate surface area is 183 Å². The lowest BCUT2D eigenvalue weighted by atomic mass is 9.89. The van der Waals surface area contributed by atoms with Crippen LogP contribution in [0.5, 0.6) is 0 Å². The van der Waals surface area contributed by atoms with Crippen LogP contribution in [0.2, 0.25) is 0 Å². The van der Waals surface area contributed by atoms with Crippen molar-refractivity contribution in [2.24, 2.45) is 0 Å². The van der Waals surface area contributed by atoms with Crippen molar-refractivity contribution < 1.29 is 4.79 Å². The summed E-state index contributed by atoms with van der Waals surface area (Å²) in [4.78, 5) is 25.2. The molecule has 0 bridgehead atoms. The lowest BCUT2D eigenvalue weighted by Gasteiger charge is -2.32. The van der Waals surface area contributed by atoms with Gasteiger partial charge in [-0.3, -0.25) is 0 Å². The number of piperidine rings is 2. The number of nitrogens with one attached hydrogen (secondary N) is 2. The average molecular weight is 418 g/mol. The lowest BCUT2D eigenvalue weighted by Crippen LogP contribution is -2.44. The predicted molar refractivity (Wildman–Crippen MR) is 124 cm³/mol. The third-order valence-corrected chi connectivity index (χ3v) is 6.80. The molecular formula is C25H31N5O. The van der Waals surface area contributed by atoms with E-state index in [9.17, 15) is 4.79 Å². The Morgan fingerprint density at radius 2 is 1.84 bits per heavy atom. The summed E-state index contributed by atoms with van der Waals surface area (Å²) in [6.07, 6.45) is 9.73. The van der Waals surface area contributed by atoms with Crippen molar-refractivity contribution in [1.82, 2.24) is 20.2 Å². The smallest absolute Gasteiger partial charge is 0.317 e. The molecule has 0 aliphatic carbocycles. The first-order chi connectivity index (χ1) is 15.3. The van der Waals surface area contributed by atoms with Gasteiger partial charge in [-0.15, -0.1) is 0 Å². The minimum absolute atomic E-state index is 0.0332. The Morgan fingerprint density at radius 3 is 2.68 bits per heavy atom. The summed E-state index contributed by atoms with van der Waals surface area (Å²) >= 11 is 0. The zero-order valence-electron chi connectivity index (χ0n) is 18.0. The highest BCUT2D eigenvalue weighted by Crippen LogP contribution is 2.33. The molecule has 6 nitrogen and oxygen atoms in total. The van der Waals surface area contributed by atoms with Gasteiger partial charge in [0.05, 0.1) is 0 Å². The van der Waals surface area contributed by atoms with Crippen LogP contribution in [0.25, 0.3) is 10.9 Å². The van der Waals surface area contributed by atoms with Crippen molar-refractivity contribution in [3.05, 3.63) is 59.9 Å². The molecule has 2 saturated heterocycles. The lowest BCUT2D eigenvalue weighted by molar-refractivity contribution is 0.181. The second kappa shape index (κ2) is 9.00. The number of amides is 2. The number of nitrogens with zero attached hydrogens (tertiary/aromatic N) is 3. The standard InChI is InChI=1S/C25H31N5O/c31-25(28-17-20-7-6-12-26-24(20)29-13-4-1-5-14-29)30-15-10-19(11-16-30)22-18-27-23-9-3-2-8-21(22)23/h2-3,6-9,12,18-19,27H,1,4-5,10-11,13-17H2,(H,28,31). The van der Waals surface area contributed by atoms with Crippen LogP contribution in [-0.2, 0) is 6.54 Å². The number of para-hydroxylation sites is 1. The van der Waals surface area contributed by atoms with Gasteiger partial charge < -0.3 is 20.1 Å². The molecule has 3 aromatic rings. The van der Waals surface area contributed by atoms with Crippen LogP contribution in [-0.4, -0.2) is 47.1 Å². The summed E-state index contributed by atoms with van der Waals surface area (Å²) in [6.45, 7) is 4.23. The van der Waals surface area contributed by atoms with Gasteiger partial charge in [0.1, 0.15) is 5.82 Å². The number of carbonyl (C=O) groups is 1. The molecule has 1 aromatic carbocycles. The van der Waals surface area contributed by atoms with Gasteiger partial charge in [0.15, 0.2) is 0 Å². The van der Waals surface area contributed by atoms with Crippen LogP contribution in [0.15, 0.2) is 48.8 Å². The Bertz CT molecular complexity index is 1030. The number of likely N-dealkylation sites (tertiary alicyclic amines) is 1. The Balaban J connectivity index is 1.17. The maximum atomic E-state index is 12.8. The molecule has 2 aromatic heterocycles. The second-order valence-electron chi connectivity index (χ2n) is 8.74. The van der Waals surface area contributed by atoms with Crippen molar-refractivity contribution in [3.8, 4) is 0 Å². The number of urea groups is 1. The number of aromatic nitrogens is 2. The molecule has 4 heterocycles. The Hall–Kier alpha value is -3.02. The fraction of sp³-hybridized carbons (Fsp3) is 0.440. The van der Waals surface area contributed by atoms with E-state index in [-0.39, 0.29) is 6.03 Å². The molecule has 0 spiro atoms. The number of hydrogen-bond acceptors (Lipinski definition) is 3. The van der Waals surface area contributed by atoms with Gasteiger partial charge in [-0.1, -0.05) is 24.3 Å². The molecule has 6 heteroatoms. The average Bonchev–Trinajstić information content (AvgIpc) is 3.28. The van der Waals surface area contributed by atoms with Crippen LogP contribution >= 0.6 is 0 Å². The highest BCUT2D eigenvalue weighted by atomic mass is 16.2. The number of fused-ring (bicyclic) bond motifs is 1. The van der Waals surface area contributed by atoms with E-state index in [0.717, 1.165) is 50.4 Å². The molecule has 2 aliphatic heterocycles. The summed E-state index contributed by atoms with van der Waals surface area (Å²) in [5.74, 6) is 1.53. The second-order valence-corrected chi connectivity index (χ2v) is 8.74. The Morgan fingerprint density at radius 1 is 1.03 bits per heavy atom. The van der Waals surface area contributed by atoms with Crippen molar-refractivity contribution in [2.45, 2.75) is 44.6 Å². The van der Waals surface area contributed by atoms with Crippen LogP contribution in [0, 0.1) is 0 Å². The van der Waals surface area contributed by atoms with Gasteiger partial charge >= 0.3 is 6.03 Å². The summed E-state index contributed by atoms with van der Waals surface area (Å²) < 4.78 is 0. The van der Waals surface area contributed by atoms with Crippen molar-refractivity contribution in [2.75, 3.05) is 31.1 Å². The monoisotopic (exact) mass is 417 g/mol. The molecule has 0 unspecified atom stereocenters. The molecule has 162 valence electrons. The molecule has 2 amide bonds. The number of aromatic amines is 1. The first kappa shape index (κ1) is 19.9.